The molecule has 19 heavy (non-hydrogen) atoms. The highest BCUT2D eigenvalue weighted by Crippen LogP contribution is 2.23. The highest BCUT2D eigenvalue weighted by Gasteiger charge is 2.31. The number of nitrogens with one attached hydrogen (secondary N) is 1. The molecule has 3 nitrogen and oxygen atoms in total. The molecular weight excluding hydrogens is 236 g/mol. The molecule has 1 aliphatic rings. The molecule has 0 aromatic heterocycles. The van der Waals surface area contributed by atoms with E-state index in [0.29, 0.717) is 17.5 Å². The van der Waals surface area contributed by atoms with Gasteiger partial charge in [0, 0.05) is 44.9 Å². The Morgan fingerprint density at radius 3 is 2.53 bits per heavy atom. The molecule has 2 atom stereocenters. The number of unbranched alkanes of at least 4 members (excludes halogenated alkanes) is 1. The number of hydrogen-bond donors (Lipinski definition) is 1. The molecule has 0 aliphatic carbocycles. The molecule has 3 heteroatoms. The van der Waals surface area contributed by atoms with Crippen molar-refractivity contribution in [1.82, 2.24) is 10.2 Å². The van der Waals surface area contributed by atoms with Crippen molar-refractivity contribution in [2.45, 2.75) is 66.0 Å². The Bertz CT molecular complexity index is 237. The lowest BCUT2D eigenvalue weighted by Crippen LogP contribution is -2.59. The van der Waals surface area contributed by atoms with Crippen molar-refractivity contribution < 1.29 is 4.74 Å². The lowest BCUT2D eigenvalue weighted by atomic mass is 9.85. The van der Waals surface area contributed by atoms with Gasteiger partial charge in [0.05, 0.1) is 0 Å². The fourth-order valence-corrected chi connectivity index (χ4v) is 2.53. The zero-order chi connectivity index (χ0) is 14.3. The maximum Gasteiger partial charge on any atom is 0.0478 e. The van der Waals surface area contributed by atoms with Gasteiger partial charge in [-0.25, -0.2) is 0 Å². The molecule has 1 N–H and O–H groups in total. The number of piperazine rings is 1. The Labute approximate surface area is 120 Å². The van der Waals surface area contributed by atoms with E-state index in [1.807, 2.05) is 0 Å². The molecule has 1 aliphatic heterocycles. The topological polar surface area (TPSA) is 24.5 Å². The lowest BCUT2D eigenvalue weighted by molar-refractivity contribution is 0.0739. The van der Waals surface area contributed by atoms with Crippen LogP contribution in [-0.4, -0.2) is 49.8 Å². The van der Waals surface area contributed by atoms with Crippen molar-refractivity contribution in [3.05, 3.63) is 0 Å². The Balaban J connectivity index is 2.23. The van der Waals surface area contributed by atoms with Gasteiger partial charge in [0.2, 0.25) is 0 Å². The average molecular weight is 270 g/mol. The average Bonchev–Trinajstić information content (AvgIpc) is 2.34. The molecule has 0 spiro atoms. The van der Waals surface area contributed by atoms with Crippen LogP contribution in [0.4, 0.5) is 0 Å². The first kappa shape index (κ1) is 16.9. The van der Waals surface area contributed by atoms with E-state index in [0.717, 1.165) is 26.2 Å². The Morgan fingerprint density at radius 2 is 1.89 bits per heavy atom. The molecular formula is C16H34N2O. The molecule has 0 radical (unpaired) electrons. The summed E-state index contributed by atoms with van der Waals surface area (Å²) in [5, 5.41) is 3.68. The molecule has 114 valence electrons. The predicted octanol–water partition coefficient (Wildman–Crippen LogP) is 2.90. The lowest BCUT2D eigenvalue weighted by Gasteiger charge is -2.44. The van der Waals surface area contributed by atoms with Crippen molar-refractivity contribution in [2.24, 2.45) is 5.41 Å². The first-order valence-corrected chi connectivity index (χ1v) is 8.00. The van der Waals surface area contributed by atoms with Gasteiger partial charge in [-0.1, -0.05) is 34.1 Å². The Hall–Kier alpha value is -0.120. The monoisotopic (exact) mass is 270 g/mol. The summed E-state index contributed by atoms with van der Waals surface area (Å²) in [4.78, 5) is 2.62. The fraction of sp³-hybridized carbons (Fsp3) is 1.00. The van der Waals surface area contributed by atoms with Crippen LogP contribution in [0.2, 0.25) is 0 Å². The van der Waals surface area contributed by atoms with Gasteiger partial charge in [-0.2, -0.15) is 0 Å². The van der Waals surface area contributed by atoms with Crippen LogP contribution in [0.3, 0.4) is 0 Å². The van der Waals surface area contributed by atoms with E-state index in [1.165, 1.54) is 25.9 Å². The minimum atomic E-state index is 0.343. The molecule has 0 aromatic carbocycles. The van der Waals surface area contributed by atoms with Gasteiger partial charge in [0.15, 0.2) is 0 Å². The first-order valence-electron chi connectivity index (χ1n) is 8.00. The van der Waals surface area contributed by atoms with E-state index in [1.54, 1.807) is 0 Å². The van der Waals surface area contributed by atoms with Crippen LogP contribution in [0.1, 0.15) is 53.9 Å². The van der Waals surface area contributed by atoms with Crippen LogP contribution in [0, 0.1) is 5.41 Å². The van der Waals surface area contributed by atoms with E-state index in [4.69, 9.17) is 4.74 Å². The predicted molar refractivity (Wildman–Crippen MR) is 82.6 cm³/mol. The normalized spacial score (nSPS) is 25.7. The molecule has 1 saturated heterocycles. The van der Waals surface area contributed by atoms with Crippen molar-refractivity contribution in [3.8, 4) is 0 Å². The van der Waals surface area contributed by atoms with Crippen LogP contribution in [0.5, 0.6) is 0 Å². The highest BCUT2D eigenvalue weighted by molar-refractivity contribution is 4.90. The van der Waals surface area contributed by atoms with Crippen LogP contribution < -0.4 is 5.32 Å². The SMILES string of the molecule is CCCCOCCCN1CC(C(C)(C)C)NCC1C. The maximum atomic E-state index is 5.65. The largest absolute Gasteiger partial charge is 0.381 e. The summed E-state index contributed by atoms with van der Waals surface area (Å²) in [6, 6.07) is 1.25. The Morgan fingerprint density at radius 1 is 1.21 bits per heavy atom. The second kappa shape index (κ2) is 8.23. The van der Waals surface area contributed by atoms with Crippen LogP contribution >= 0.6 is 0 Å². The van der Waals surface area contributed by atoms with Gasteiger partial charge in [0.1, 0.15) is 0 Å². The van der Waals surface area contributed by atoms with Crippen molar-refractivity contribution in [2.75, 3.05) is 32.8 Å². The van der Waals surface area contributed by atoms with Gasteiger partial charge >= 0.3 is 0 Å². The first-order chi connectivity index (χ1) is 8.95. The second-order valence-corrected chi connectivity index (χ2v) is 6.99. The molecule has 1 rings (SSSR count). The smallest absolute Gasteiger partial charge is 0.0478 e. The van der Waals surface area contributed by atoms with Gasteiger partial charge in [-0.3, -0.25) is 4.90 Å². The third-order valence-corrected chi connectivity index (χ3v) is 4.12. The maximum absolute atomic E-state index is 5.65. The van der Waals surface area contributed by atoms with E-state index >= 15 is 0 Å². The van der Waals surface area contributed by atoms with Crippen molar-refractivity contribution in [3.63, 3.8) is 0 Å². The summed E-state index contributed by atoms with van der Waals surface area (Å²) in [5.74, 6) is 0. The standard InChI is InChI=1S/C16H34N2O/c1-6-7-10-19-11-8-9-18-13-15(16(3,4)5)17-12-14(18)2/h14-15,17H,6-13H2,1-5H3. The summed E-state index contributed by atoms with van der Waals surface area (Å²) in [5.41, 5.74) is 0.343. The summed E-state index contributed by atoms with van der Waals surface area (Å²) < 4.78 is 5.65. The molecule has 0 amide bonds. The summed E-state index contributed by atoms with van der Waals surface area (Å²) in [6.45, 7) is 16.8. The van der Waals surface area contributed by atoms with Crippen LogP contribution in [-0.2, 0) is 4.74 Å². The van der Waals surface area contributed by atoms with E-state index in [2.05, 4.69) is 44.8 Å². The van der Waals surface area contributed by atoms with E-state index < -0.39 is 0 Å². The third kappa shape index (κ3) is 6.24. The third-order valence-electron chi connectivity index (χ3n) is 4.12. The van der Waals surface area contributed by atoms with E-state index in [9.17, 15) is 0 Å². The molecule has 1 heterocycles. The minimum Gasteiger partial charge on any atom is -0.381 e. The zero-order valence-electron chi connectivity index (χ0n) is 13.7. The van der Waals surface area contributed by atoms with E-state index in [-0.39, 0.29) is 0 Å². The van der Waals surface area contributed by atoms with Crippen LogP contribution in [0.15, 0.2) is 0 Å². The van der Waals surface area contributed by atoms with Crippen molar-refractivity contribution in [1.29, 1.82) is 0 Å². The molecule has 0 bridgehead atoms. The quantitative estimate of drug-likeness (QED) is 0.720. The number of nitrogens with zero attached hydrogens (tertiary/aromatic N) is 1. The highest BCUT2D eigenvalue weighted by atomic mass is 16.5. The van der Waals surface area contributed by atoms with Gasteiger partial charge in [-0.05, 0) is 25.2 Å². The summed E-state index contributed by atoms with van der Waals surface area (Å²) >= 11 is 0. The van der Waals surface area contributed by atoms with Gasteiger partial charge < -0.3 is 10.1 Å². The number of rotatable bonds is 7. The molecule has 1 fully saturated rings. The van der Waals surface area contributed by atoms with Crippen molar-refractivity contribution >= 4 is 0 Å². The fourth-order valence-electron chi connectivity index (χ4n) is 2.53. The second-order valence-electron chi connectivity index (χ2n) is 6.99. The molecule has 0 aromatic rings. The molecule has 2 unspecified atom stereocenters. The summed E-state index contributed by atoms with van der Waals surface area (Å²) in [7, 11) is 0. The Kier molecular flexibility index (Phi) is 7.33. The molecule has 0 saturated carbocycles. The minimum absolute atomic E-state index is 0.343. The number of ether oxygens (including phenoxy) is 1. The summed E-state index contributed by atoms with van der Waals surface area (Å²) in [6.07, 6.45) is 3.57. The van der Waals surface area contributed by atoms with Crippen LogP contribution in [0.25, 0.3) is 0 Å². The zero-order valence-corrected chi connectivity index (χ0v) is 13.7. The van der Waals surface area contributed by atoms with Gasteiger partial charge in [0.25, 0.3) is 0 Å². The number of hydrogen-bond acceptors (Lipinski definition) is 3. The van der Waals surface area contributed by atoms with Gasteiger partial charge in [-0.15, -0.1) is 0 Å².